The van der Waals surface area contributed by atoms with Gasteiger partial charge in [0.25, 0.3) is 5.91 Å². The van der Waals surface area contributed by atoms with Gasteiger partial charge in [0.15, 0.2) is 5.82 Å². The number of nitrogens with zero attached hydrogens (tertiary/aromatic N) is 2. The number of fused-ring (bicyclic) bond motifs is 1. The summed E-state index contributed by atoms with van der Waals surface area (Å²) in [6.07, 6.45) is 0.650. The summed E-state index contributed by atoms with van der Waals surface area (Å²) in [5, 5.41) is 10.1. The van der Waals surface area contributed by atoms with Crippen LogP contribution in [0.15, 0.2) is 30.3 Å². The van der Waals surface area contributed by atoms with Crippen LogP contribution in [0.5, 0.6) is 5.75 Å². The summed E-state index contributed by atoms with van der Waals surface area (Å²) in [7, 11) is 3.28. The first-order valence-electron chi connectivity index (χ1n) is 8.73. The van der Waals surface area contributed by atoms with Gasteiger partial charge in [-0.2, -0.15) is 5.10 Å². The van der Waals surface area contributed by atoms with Crippen molar-refractivity contribution in [3.8, 4) is 17.3 Å². The Morgan fingerprint density at radius 3 is 2.93 bits per heavy atom. The second-order valence-corrected chi connectivity index (χ2v) is 6.48. The van der Waals surface area contributed by atoms with Gasteiger partial charge in [-0.05, 0) is 24.1 Å². The Labute approximate surface area is 156 Å². The molecule has 0 radical (unpaired) electrons. The van der Waals surface area contributed by atoms with Crippen LogP contribution in [0.25, 0.3) is 11.5 Å². The SMILES string of the molecule is COCc1cc(-c2nc3c([nH]2)C[C@H](c2ccccc2OC)CNC3=O)n[nH]1. The Morgan fingerprint density at radius 1 is 1.26 bits per heavy atom. The average Bonchev–Trinajstić information content (AvgIpc) is 3.29. The predicted molar refractivity (Wildman–Crippen MR) is 98.7 cm³/mol. The zero-order valence-electron chi connectivity index (χ0n) is 15.2. The van der Waals surface area contributed by atoms with Crippen LogP contribution in [-0.2, 0) is 17.8 Å². The third-order valence-electron chi connectivity index (χ3n) is 4.71. The lowest BCUT2D eigenvalue weighted by Crippen LogP contribution is -2.26. The maximum atomic E-state index is 12.5. The van der Waals surface area contributed by atoms with E-state index >= 15 is 0 Å². The summed E-state index contributed by atoms with van der Waals surface area (Å²) >= 11 is 0. The van der Waals surface area contributed by atoms with Crippen LogP contribution in [0, 0.1) is 0 Å². The highest BCUT2D eigenvalue weighted by Gasteiger charge is 2.28. The lowest BCUT2D eigenvalue weighted by molar-refractivity contribution is 0.0950. The smallest absolute Gasteiger partial charge is 0.271 e. The minimum Gasteiger partial charge on any atom is -0.496 e. The Balaban J connectivity index is 1.66. The number of imidazole rings is 1. The lowest BCUT2D eigenvalue weighted by Gasteiger charge is -2.17. The summed E-state index contributed by atoms with van der Waals surface area (Å²) < 4.78 is 10.6. The number of aromatic nitrogens is 4. The number of aromatic amines is 2. The molecule has 8 heteroatoms. The second kappa shape index (κ2) is 7.24. The van der Waals surface area contributed by atoms with Crippen LogP contribution in [-0.4, -0.2) is 46.8 Å². The number of methoxy groups -OCH3 is 2. The van der Waals surface area contributed by atoms with Crippen molar-refractivity contribution in [2.45, 2.75) is 18.9 Å². The number of amides is 1. The van der Waals surface area contributed by atoms with E-state index in [1.807, 2.05) is 30.3 Å². The van der Waals surface area contributed by atoms with Gasteiger partial charge in [0.2, 0.25) is 0 Å². The Bertz CT molecular complexity index is 962. The highest BCUT2D eigenvalue weighted by Crippen LogP contribution is 2.31. The third kappa shape index (κ3) is 3.31. The van der Waals surface area contributed by atoms with Gasteiger partial charge >= 0.3 is 0 Å². The van der Waals surface area contributed by atoms with Crippen molar-refractivity contribution in [1.82, 2.24) is 25.5 Å². The maximum Gasteiger partial charge on any atom is 0.271 e. The van der Waals surface area contributed by atoms with Crippen molar-refractivity contribution in [3.63, 3.8) is 0 Å². The molecule has 0 spiro atoms. The number of hydrogen-bond donors (Lipinski definition) is 3. The number of nitrogens with one attached hydrogen (secondary N) is 3. The Kier molecular flexibility index (Phi) is 4.64. The van der Waals surface area contributed by atoms with E-state index in [1.165, 1.54) is 0 Å². The topological polar surface area (TPSA) is 105 Å². The van der Waals surface area contributed by atoms with Gasteiger partial charge in [-0.25, -0.2) is 4.98 Å². The quantitative estimate of drug-likeness (QED) is 0.640. The van der Waals surface area contributed by atoms with E-state index in [0.717, 1.165) is 22.7 Å². The number of hydrogen-bond acceptors (Lipinski definition) is 5. The third-order valence-corrected chi connectivity index (χ3v) is 4.71. The fourth-order valence-electron chi connectivity index (χ4n) is 3.42. The van der Waals surface area contributed by atoms with E-state index in [-0.39, 0.29) is 11.8 Å². The van der Waals surface area contributed by atoms with Gasteiger partial charge in [0.05, 0.1) is 19.4 Å². The molecule has 140 valence electrons. The summed E-state index contributed by atoms with van der Waals surface area (Å²) in [6.45, 7) is 0.961. The summed E-state index contributed by atoms with van der Waals surface area (Å²) in [6, 6.07) is 9.74. The molecule has 1 aliphatic heterocycles. The maximum absolute atomic E-state index is 12.5. The molecule has 8 nitrogen and oxygen atoms in total. The second-order valence-electron chi connectivity index (χ2n) is 6.48. The molecule has 1 aromatic carbocycles. The molecular weight excluding hydrogens is 346 g/mol. The molecule has 1 atom stereocenters. The van der Waals surface area contributed by atoms with Crippen LogP contribution in [0.4, 0.5) is 0 Å². The van der Waals surface area contributed by atoms with Gasteiger partial charge in [0, 0.05) is 25.3 Å². The molecule has 4 rings (SSSR count). The number of para-hydroxylation sites is 1. The minimum atomic E-state index is -0.183. The van der Waals surface area contributed by atoms with Gasteiger partial charge in [-0.3, -0.25) is 9.89 Å². The summed E-state index contributed by atoms with van der Waals surface area (Å²) in [5.74, 6) is 1.28. The minimum absolute atomic E-state index is 0.0860. The van der Waals surface area contributed by atoms with Crippen molar-refractivity contribution >= 4 is 5.91 Å². The average molecular weight is 367 g/mol. The highest BCUT2D eigenvalue weighted by atomic mass is 16.5. The van der Waals surface area contributed by atoms with Crippen molar-refractivity contribution in [2.75, 3.05) is 20.8 Å². The van der Waals surface area contributed by atoms with E-state index < -0.39 is 0 Å². The zero-order valence-corrected chi connectivity index (χ0v) is 15.2. The summed E-state index contributed by atoms with van der Waals surface area (Å²) in [5.41, 5.74) is 3.77. The highest BCUT2D eigenvalue weighted by molar-refractivity contribution is 5.94. The van der Waals surface area contributed by atoms with Gasteiger partial charge in [0.1, 0.15) is 17.1 Å². The molecular formula is C19H21N5O3. The lowest BCUT2D eigenvalue weighted by atomic mass is 9.93. The van der Waals surface area contributed by atoms with Crippen LogP contribution in [0.3, 0.4) is 0 Å². The van der Waals surface area contributed by atoms with Crippen molar-refractivity contribution < 1.29 is 14.3 Å². The van der Waals surface area contributed by atoms with Crippen LogP contribution in [0.2, 0.25) is 0 Å². The summed E-state index contributed by atoms with van der Waals surface area (Å²) in [4.78, 5) is 20.3. The monoisotopic (exact) mass is 367 g/mol. The number of carbonyl (C=O) groups excluding carboxylic acids is 1. The van der Waals surface area contributed by atoms with Crippen LogP contribution >= 0.6 is 0 Å². The largest absolute Gasteiger partial charge is 0.496 e. The number of ether oxygens (including phenoxy) is 2. The molecule has 2 aromatic heterocycles. The van der Waals surface area contributed by atoms with E-state index in [9.17, 15) is 4.79 Å². The van der Waals surface area contributed by atoms with Crippen LogP contribution in [0.1, 0.15) is 33.4 Å². The zero-order chi connectivity index (χ0) is 18.8. The molecule has 3 heterocycles. The molecule has 3 N–H and O–H groups in total. The molecule has 0 unspecified atom stereocenters. The normalized spacial score (nSPS) is 16.5. The number of benzene rings is 1. The number of H-pyrrole nitrogens is 2. The fraction of sp³-hybridized carbons (Fsp3) is 0.316. The van der Waals surface area contributed by atoms with E-state index in [0.29, 0.717) is 36.8 Å². The molecule has 0 bridgehead atoms. The Hall–Kier alpha value is -3.13. The van der Waals surface area contributed by atoms with Crippen molar-refractivity contribution in [1.29, 1.82) is 0 Å². The molecule has 0 saturated heterocycles. The molecule has 1 aliphatic rings. The number of carbonyl (C=O) groups is 1. The molecule has 3 aromatic rings. The van der Waals surface area contributed by atoms with Crippen molar-refractivity contribution in [3.05, 3.63) is 53.0 Å². The molecule has 0 saturated carbocycles. The van der Waals surface area contributed by atoms with Gasteiger partial charge in [-0.15, -0.1) is 0 Å². The molecule has 0 aliphatic carbocycles. The Morgan fingerprint density at radius 2 is 2.11 bits per heavy atom. The van der Waals surface area contributed by atoms with Crippen LogP contribution < -0.4 is 10.1 Å². The first-order valence-corrected chi connectivity index (χ1v) is 8.73. The standard InChI is InChI=1S/C19H21N5O3/c1-26-10-12-8-15(24-23-12)18-21-14-7-11(9-20-19(25)17(14)22-18)13-5-3-4-6-16(13)27-2/h3-6,8,11H,7,9-10H2,1-2H3,(H,20,25)(H,21,22)(H,23,24)/t11-/m0/s1. The van der Waals surface area contributed by atoms with Crippen molar-refractivity contribution in [2.24, 2.45) is 0 Å². The molecule has 0 fully saturated rings. The first-order chi connectivity index (χ1) is 13.2. The van der Waals surface area contributed by atoms with E-state index in [2.05, 4.69) is 25.5 Å². The first kappa shape index (κ1) is 17.3. The van der Waals surface area contributed by atoms with Gasteiger partial charge in [-0.1, -0.05) is 18.2 Å². The molecule has 27 heavy (non-hydrogen) atoms. The molecule has 1 amide bonds. The fourth-order valence-corrected chi connectivity index (χ4v) is 3.42. The van der Waals surface area contributed by atoms with E-state index in [4.69, 9.17) is 9.47 Å². The number of rotatable bonds is 5. The van der Waals surface area contributed by atoms with Gasteiger partial charge < -0.3 is 19.8 Å². The predicted octanol–water partition coefficient (Wildman–Crippen LogP) is 2.02. The van der Waals surface area contributed by atoms with E-state index in [1.54, 1.807) is 14.2 Å².